The van der Waals surface area contributed by atoms with Gasteiger partial charge in [0.1, 0.15) is 0 Å². The lowest BCUT2D eigenvalue weighted by atomic mass is 10.1. The molecule has 2 aromatic heterocycles. The van der Waals surface area contributed by atoms with Gasteiger partial charge >= 0.3 is 0 Å². The van der Waals surface area contributed by atoms with Crippen LogP contribution in [-0.4, -0.2) is 45.6 Å². The molecule has 7 heteroatoms. The van der Waals surface area contributed by atoms with E-state index in [1.165, 1.54) is 0 Å². The van der Waals surface area contributed by atoms with Gasteiger partial charge in [-0.3, -0.25) is 0 Å². The van der Waals surface area contributed by atoms with Gasteiger partial charge in [-0.1, -0.05) is 0 Å². The molecule has 120 valence electrons. The standard InChI is InChI=1S/C15H23N5O2/c1-3-20-14-11(9-18-20)13(19-10-5-6-16-7-10)12(8-17-14)15(21)22-4-2/h8-10,15-16,21H,3-7H2,1-2H3,(H,17,19). The van der Waals surface area contributed by atoms with Gasteiger partial charge in [0.15, 0.2) is 11.9 Å². The molecular formula is C15H23N5O2. The van der Waals surface area contributed by atoms with Gasteiger partial charge in [-0.15, -0.1) is 0 Å². The molecule has 3 N–H and O–H groups in total. The van der Waals surface area contributed by atoms with Crippen LogP contribution in [0.1, 0.15) is 32.1 Å². The molecule has 2 aromatic rings. The van der Waals surface area contributed by atoms with Crippen LogP contribution >= 0.6 is 0 Å². The number of aromatic nitrogens is 3. The van der Waals surface area contributed by atoms with E-state index in [0.717, 1.165) is 42.8 Å². The molecule has 1 saturated heterocycles. The molecule has 2 atom stereocenters. The number of pyridine rings is 1. The Kier molecular flexibility index (Phi) is 4.56. The lowest BCUT2D eigenvalue weighted by Gasteiger charge is -2.20. The van der Waals surface area contributed by atoms with E-state index in [1.54, 1.807) is 12.4 Å². The summed E-state index contributed by atoms with van der Waals surface area (Å²) >= 11 is 0. The van der Waals surface area contributed by atoms with Gasteiger partial charge < -0.3 is 20.5 Å². The molecular weight excluding hydrogens is 282 g/mol. The minimum atomic E-state index is -0.983. The van der Waals surface area contributed by atoms with Gasteiger partial charge in [-0.2, -0.15) is 5.10 Å². The first-order valence-corrected chi connectivity index (χ1v) is 7.85. The average Bonchev–Trinajstić information content (AvgIpc) is 3.16. The van der Waals surface area contributed by atoms with Crippen molar-refractivity contribution in [3.05, 3.63) is 18.0 Å². The molecule has 1 aliphatic heterocycles. The van der Waals surface area contributed by atoms with Crippen LogP contribution in [0.15, 0.2) is 12.4 Å². The highest BCUT2D eigenvalue weighted by atomic mass is 16.6. The predicted octanol–water partition coefficient (Wildman–Crippen LogP) is 1.25. The third-order valence-electron chi connectivity index (χ3n) is 3.99. The molecule has 2 unspecified atom stereocenters. The number of hydrogen-bond donors (Lipinski definition) is 3. The normalized spacial score (nSPS) is 19.7. The first-order chi connectivity index (χ1) is 10.7. The third kappa shape index (κ3) is 2.79. The number of nitrogens with one attached hydrogen (secondary N) is 2. The van der Waals surface area contributed by atoms with Crippen LogP contribution in [0.25, 0.3) is 11.0 Å². The number of aliphatic hydroxyl groups excluding tert-OH is 1. The zero-order valence-electron chi connectivity index (χ0n) is 13.0. The van der Waals surface area contributed by atoms with Crippen molar-refractivity contribution in [3.63, 3.8) is 0 Å². The smallest absolute Gasteiger partial charge is 0.184 e. The van der Waals surface area contributed by atoms with Crippen molar-refractivity contribution in [1.82, 2.24) is 20.1 Å². The van der Waals surface area contributed by atoms with Crippen molar-refractivity contribution in [3.8, 4) is 0 Å². The zero-order chi connectivity index (χ0) is 15.5. The molecule has 0 aromatic carbocycles. The Morgan fingerprint density at radius 3 is 3.05 bits per heavy atom. The van der Waals surface area contributed by atoms with E-state index in [4.69, 9.17) is 4.74 Å². The predicted molar refractivity (Wildman–Crippen MR) is 84.7 cm³/mol. The van der Waals surface area contributed by atoms with Gasteiger partial charge in [0, 0.05) is 37.5 Å². The number of rotatable bonds is 6. The number of aliphatic hydroxyl groups is 1. The minimum Gasteiger partial charge on any atom is -0.380 e. The fraction of sp³-hybridized carbons (Fsp3) is 0.600. The summed E-state index contributed by atoms with van der Waals surface area (Å²) < 4.78 is 7.20. The van der Waals surface area contributed by atoms with Crippen LogP contribution in [0.2, 0.25) is 0 Å². The summed E-state index contributed by atoms with van der Waals surface area (Å²) in [5.74, 6) is 0. The summed E-state index contributed by atoms with van der Waals surface area (Å²) in [6, 6.07) is 0.336. The number of ether oxygens (including phenoxy) is 1. The monoisotopic (exact) mass is 305 g/mol. The number of nitrogens with zero attached hydrogens (tertiary/aromatic N) is 3. The summed E-state index contributed by atoms with van der Waals surface area (Å²) in [6.07, 6.45) is 3.55. The Hall–Kier alpha value is -1.70. The number of fused-ring (bicyclic) bond motifs is 1. The SMILES string of the molecule is CCOC(O)c1cnc2c(cnn2CC)c1NC1CCNC1. The highest BCUT2D eigenvalue weighted by molar-refractivity contribution is 5.90. The third-order valence-corrected chi connectivity index (χ3v) is 3.99. The molecule has 22 heavy (non-hydrogen) atoms. The maximum absolute atomic E-state index is 10.3. The molecule has 7 nitrogen and oxygen atoms in total. The van der Waals surface area contributed by atoms with Crippen LogP contribution in [0, 0.1) is 0 Å². The number of anilines is 1. The Bertz CT molecular complexity index is 636. The van der Waals surface area contributed by atoms with E-state index in [0.29, 0.717) is 18.2 Å². The molecule has 0 bridgehead atoms. The average molecular weight is 305 g/mol. The summed E-state index contributed by atoms with van der Waals surface area (Å²) in [5.41, 5.74) is 2.36. The fourth-order valence-corrected chi connectivity index (χ4v) is 2.85. The summed E-state index contributed by atoms with van der Waals surface area (Å²) in [7, 11) is 0. The van der Waals surface area contributed by atoms with Gasteiger partial charge in [0.25, 0.3) is 0 Å². The summed E-state index contributed by atoms with van der Waals surface area (Å²) in [4.78, 5) is 4.46. The van der Waals surface area contributed by atoms with Crippen LogP contribution in [0.3, 0.4) is 0 Å². The molecule has 0 amide bonds. The van der Waals surface area contributed by atoms with Crippen LogP contribution in [0.4, 0.5) is 5.69 Å². The molecule has 0 saturated carbocycles. The second-order valence-electron chi connectivity index (χ2n) is 5.43. The quantitative estimate of drug-likeness (QED) is 0.697. The Morgan fingerprint density at radius 2 is 2.36 bits per heavy atom. The van der Waals surface area contributed by atoms with Crippen LogP contribution in [-0.2, 0) is 11.3 Å². The van der Waals surface area contributed by atoms with E-state index in [1.807, 2.05) is 18.5 Å². The minimum absolute atomic E-state index is 0.336. The number of aryl methyl sites for hydroxylation is 1. The van der Waals surface area contributed by atoms with Crippen LogP contribution < -0.4 is 10.6 Å². The molecule has 3 rings (SSSR count). The Balaban J connectivity index is 2.04. The van der Waals surface area contributed by atoms with Crippen molar-refractivity contribution in [2.24, 2.45) is 0 Å². The van der Waals surface area contributed by atoms with E-state index in [9.17, 15) is 5.11 Å². The van der Waals surface area contributed by atoms with Gasteiger partial charge in [-0.25, -0.2) is 9.67 Å². The largest absolute Gasteiger partial charge is 0.380 e. The first kappa shape index (κ1) is 15.2. The number of hydrogen-bond acceptors (Lipinski definition) is 6. The van der Waals surface area contributed by atoms with Crippen molar-refractivity contribution in [1.29, 1.82) is 0 Å². The summed E-state index contributed by atoms with van der Waals surface area (Å²) in [6.45, 7) is 7.01. The van der Waals surface area contributed by atoms with Crippen molar-refractivity contribution < 1.29 is 9.84 Å². The maximum Gasteiger partial charge on any atom is 0.184 e. The molecule has 3 heterocycles. The topological polar surface area (TPSA) is 84.2 Å². The molecule has 0 aliphatic carbocycles. The van der Waals surface area contributed by atoms with E-state index >= 15 is 0 Å². The second kappa shape index (κ2) is 6.60. The Morgan fingerprint density at radius 1 is 1.50 bits per heavy atom. The first-order valence-electron chi connectivity index (χ1n) is 7.85. The highest BCUT2D eigenvalue weighted by Gasteiger charge is 2.22. The lowest BCUT2D eigenvalue weighted by Crippen LogP contribution is -2.23. The maximum atomic E-state index is 10.3. The van der Waals surface area contributed by atoms with Crippen LogP contribution in [0.5, 0.6) is 0 Å². The van der Waals surface area contributed by atoms with E-state index in [-0.39, 0.29) is 0 Å². The highest BCUT2D eigenvalue weighted by Crippen LogP contribution is 2.31. The molecule has 0 spiro atoms. The molecule has 1 fully saturated rings. The van der Waals surface area contributed by atoms with Crippen molar-refractivity contribution >= 4 is 16.7 Å². The van der Waals surface area contributed by atoms with Gasteiger partial charge in [0.2, 0.25) is 0 Å². The molecule has 0 radical (unpaired) electrons. The summed E-state index contributed by atoms with van der Waals surface area (Å²) in [5, 5.41) is 22.4. The lowest BCUT2D eigenvalue weighted by molar-refractivity contribution is -0.0976. The van der Waals surface area contributed by atoms with E-state index < -0.39 is 6.29 Å². The van der Waals surface area contributed by atoms with Crippen molar-refractivity contribution in [2.75, 3.05) is 25.0 Å². The second-order valence-corrected chi connectivity index (χ2v) is 5.43. The Labute approximate surface area is 129 Å². The van der Waals surface area contributed by atoms with Gasteiger partial charge in [-0.05, 0) is 26.8 Å². The molecule has 1 aliphatic rings. The fourth-order valence-electron chi connectivity index (χ4n) is 2.85. The zero-order valence-corrected chi connectivity index (χ0v) is 13.0. The van der Waals surface area contributed by atoms with Gasteiger partial charge in [0.05, 0.1) is 17.3 Å². The van der Waals surface area contributed by atoms with E-state index in [2.05, 4.69) is 20.7 Å². The van der Waals surface area contributed by atoms with Crippen molar-refractivity contribution in [2.45, 2.75) is 39.1 Å².